The van der Waals surface area contributed by atoms with Crippen molar-refractivity contribution in [2.45, 2.75) is 219 Å². The Hall–Kier alpha value is -2.89. The number of rotatable bonds is 40. The summed E-state index contributed by atoms with van der Waals surface area (Å²) in [5, 5.41) is 0. The van der Waals surface area contributed by atoms with Gasteiger partial charge in [-0.05, 0) is 57.8 Å². The van der Waals surface area contributed by atoms with E-state index in [2.05, 4.69) is 81.5 Å². The molecule has 0 saturated heterocycles. The fraction of sp³-hybridized carbons (Fsp3) is 0.735. The van der Waals surface area contributed by atoms with E-state index in [1.807, 2.05) is 0 Å². The largest absolute Gasteiger partial charge is 0.462 e. The molecule has 6 heteroatoms. The van der Waals surface area contributed by atoms with Crippen LogP contribution in [0.3, 0.4) is 0 Å². The lowest BCUT2D eigenvalue weighted by Gasteiger charge is -2.18. The smallest absolute Gasteiger partial charge is 0.306 e. The maximum atomic E-state index is 12.7. The first-order valence-corrected chi connectivity index (χ1v) is 22.8. The SMILES string of the molecule is CC\C=C/C=C\C=C/CCCCCCCCCC(=O)OCC(COC(=O)CCCCCCCCCCCCC)OC(=O)CCCCC/C=C\C=C/CCCC. The van der Waals surface area contributed by atoms with Crippen LogP contribution >= 0.6 is 0 Å². The molecule has 0 spiro atoms. The highest BCUT2D eigenvalue weighted by atomic mass is 16.6. The molecular formula is C49H84O6. The Morgan fingerprint density at radius 3 is 1.18 bits per heavy atom. The van der Waals surface area contributed by atoms with Crippen LogP contribution in [0.2, 0.25) is 0 Å². The molecule has 6 nitrogen and oxygen atoms in total. The molecule has 0 rings (SSSR count). The quantitative estimate of drug-likeness (QED) is 0.0267. The van der Waals surface area contributed by atoms with Crippen molar-refractivity contribution in [2.24, 2.45) is 0 Å². The van der Waals surface area contributed by atoms with Crippen molar-refractivity contribution in [3.63, 3.8) is 0 Å². The van der Waals surface area contributed by atoms with Crippen molar-refractivity contribution >= 4 is 17.9 Å². The molecule has 0 aromatic rings. The lowest BCUT2D eigenvalue weighted by molar-refractivity contribution is -0.167. The lowest BCUT2D eigenvalue weighted by atomic mass is 10.1. The number of esters is 3. The molecule has 316 valence electrons. The predicted molar refractivity (Wildman–Crippen MR) is 233 cm³/mol. The van der Waals surface area contributed by atoms with Gasteiger partial charge >= 0.3 is 17.9 Å². The number of ether oxygens (including phenoxy) is 3. The average Bonchev–Trinajstić information content (AvgIpc) is 3.18. The van der Waals surface area contributed by atoms with Gasteiger partial charge in [0.1, 0.15) is 13.2 Å². The highest BCUT2D eigenvalue weighted by molar-refractivity contribution is 5.71. The maximum absolute atomic E-state index is 12.7. The minimum absolute atomic E-state index is 0.0880. The van der Waals surface area contributed by atoms with Gasteiger partial charge in [0.15, 0.2) is 6.10 Å². The summed E-state index contributed by atoms with van der Waals surface area (Å²) in [7, 11) is 0. The summed E-state index contributed by atoms with van der Waals surface area (Å²) in [6.45, 7) is 6.40. The number of carbonyl (C=O) groups excluding carboxylic acids is 3. The Kier molecular flexibility index (Phi) is 41.5. The van der Waals surface area contributed by atoms with E-state index in [1.54, 1.807) is 0 Å². The van der Waals surface area contributed by atoms with Gasteiger partial charge in [-0.2, -0.15) is 0 Å². The van der Waals surface area contributed by atoms with Crippen LogP contribution in [0.4, 0.5) is 0 Å². The minimum atomic E-state index is -0.788. The van der Waals surface area contributed by atoms with Gasteiger partial charge in [-0.1, -0.05) is 197 Å². The van der Waals surface area contributed by atoms with Crippen molar-refractivity contribution in [3.8, 4) is 0 Å². The number of hydrogen-bond acceptors (Lipinski definition) is 6. The van der Waals surface area contributed by atoms with Crippen molar-refractivity contribution < 1.29 is 28.6 Å². The van der Waals surface area contributed by atoms with Gasteiger partial charge < -0.3 is 14.2 Å². The van der Waals surface area contributed by atoms with Crippen LogP contribution in [0.1, 0.15) is 213 Å². The van der Waals surface area contributed by atoms with Gasteiger partial charge in [0.2, 0.25) is 0 Å². The van der Waals surface area contributed by atoms with E-state index >= 15 is 0 Å². The molecule has 0 aromatic carbocycles. The lowest BCUT2D eigenvalue weighted by Crippen LogP contribution is -2.30. The van der Waals surface area contributed by atoms with Crippen molar-refractivity contribution in [3.05, 3.63) is 60.8 Å². The van der Waals surface area contributed by atoms with Crippen molar-refractivity contribution in [1.29, 1.82) is 0 Å². The van der Waals surface area contributed by atoms with E-state index < -0.39 is 6.10 Å². The fourth-order valence-electron chi connectivity index (χ4n) is 6.12. The Bertz CT molecular complexity index is 1020. The van der Waals surface area contributed by atoms with Crippen LogP contribution < -0.4 is 0 Å². The van der Waals surface area contributed by atoms with Crippen LogP contribution in [-0.4, -0.2) is 37.2 Å². The van der Waals surface area contributed by atoms with E-state index in [4.69, 9.17) is 14.2 Å². The molecule has 0 aliphatic carbocycles. The standard InChI is InChI=1S/C49H84O6/c1-4-7-10-13-16-19-22-23-24-25-28-30-33-36-39-42-48(51)54-45-46(55-49(52)43-40-37-34-31-27-21-18-15-12-9-6-3)44-53-47(50)41-38-35-32-29-26-20-17-14-11-8-5-2/h7,10,13,15-16,18-19,21-22,27,46H,4-6,8-9,11-12,14,17,20,23-26,28-45H2,1-3H3/b10-7-,16-13-,18-15-,22-19-,27-21-. The molecule has 0 fully saturated rings. The summed E-state index contributed by atoms with van der Waals surface area (Å²) >= 11 is 0. The Morgan fingerprint density at radius 1 is 0.382 bits per heavy atom. The summed E-state index contributed by atoms with van der Waals surface area (Å²) in [4.78, 5) is 37.7. The first kappa shape index (κ1) is 52.1. The van der Waals surface area contributed by atoms with E-state index in [9.17, 15) is 14.4 Å². The molecule has 0 heterocycles. The molecular weight excluding hydrogens is 685 g/mol. The molecule has 1 unspecified atom stereocenters. The number of unbranched alkanes of at least 4 members (excludes halogenated alkanes) is 22. The molecule has 1 atom stereocenters. The minimum Gasteiger partial charge on any atom is -0.462 e. The second-order valence-corrected chi connectivity index (χ2v) is 15.0. The second-order valence-electron chi connectivity index (χ2n) is 15.0. The highest BCUT2D eigenvalue weighted by Crippen LogP contribution is 2.14. The van der Waals surface area contributed by atoms with Crippen LogP contribution in [0.15, 0.2) is 60.8 Å². The van der Waals surface area contributed by atoms with Gasteiger partial charge in [-0.3, -0.25) is 14.4 Å². The van der Waals surface area contributed by atoms with Crippen molar-refractivity contribution in [1.82, 2.24) is 0 Å². The van der Waals surface area contributed by atoms with Crippen LogP contribution in [0.5, 0.6) is 0 Å². The normalized spacial score (nSPS) is 12.6. The third-order valence-electron chi connectivity index (χ3n) is 9.60. The first-order chi connectivity index (χ1) is 27.0. The maximum Gasteiger partial charge on any atom is 0.306 e. The monoisotopic (exact) mass is 769 g/mol. The second kappa shape index (κ2) is 43.8. The number of allylic oxidation sites excluding steroid dienone is 10. The highest BCUT2D eigenvalue weighted by Gasteiger charge is 2.19. The van der Waals surface area contributed by atoms with Crippen molar-refractivity contribution in [2.75, 3.05) is 13.2 Å². The molecule has 0 saturated carbocycles. The van der Waals surface area contributed by atoms with Gasteiger partial charge in [0, 0.05) is 19.3 Å². The summed E-state index contributed by atoms with van der Waals surface area (Å²) in [6.07, 6.45) is 52.0. The third-order valence-corrected chi connectivity index (χ3v) is 9.60. The summed E-state index contributed by atoms with van der Waals surface area (Å²) in [5.41, 5.74) is 0. The zero-order chi connectivity index (χ0) is 40.1. The fourth-order valence-corrected chi connectivity index (χ4v) is 6.12. The molecule has 0 aliphatic heterocycles. The van der Waals surface area contributed by atoms with Gasteiger partial charge in [0.05, 0.1) is 0 Å². The molecule has 0 N–H and O–H groups in total. The Balaban J connectivity index is 4.41. The average molecular weight is 769 g/mol. The third kappa shape index (κ3) is 42.1. The molecule has 0 bridgehead atoms. The topological polar surface area (TPSA) is 78.9 Å². The van der Waals surface area contributed by atoms with E-state index in [1.165, 1.54) is 89.9 Å². The summed E-state index contributed by atoms with van der Waals surface area (Å²) in [6, 6.07) is 0. The van der Waals surface area contributed by atoms with Gasteiger partial charge in [-0.25, -0.2) is 0 Å². The van der Waals surface area contributed by atoms with E-state index in [-0.39, 0.29) is 31.1 Å². The molecule has 0 aromatic heterocycles. The zero-order valence-electron chi connectivity index (χ0n) is 35.9. The predicted octanol–water partition coefficient (Wildman–Crippen LogP) is 14.5. The zero-order valence-corrected chi connectivity index (χ0v) is 35.9. The Labute approximate surface area is 339 Å². The molecule has 0 amide bonds. The number of hydrogen-bond donors (Lipinski definition) is 0. The van der Waals surface area contributed by atoms with Crippen LogP contribution in [0, 0.1) is 0 Å². The van der Waals surface area contributed by atoms with E-state index in [0.717, 1.165) is 83.5 Å². The number of carbonyl (C=O) groups is 3. The molecule has 0 aliphatic rings. The first-order valence-electron chi connectivity index (χ1n) is 22.8. The van der Waals surface area contributed by atoms with Crippen LogP contribution in [-0.2, 0) is 28.6 Å². The summed E-state index contributed by atoms with van der Waals surface area (Å²) in [5.74, 6) is -0.933. The molecule has 0 radical (unpaired) electrons. The summed E-state index contributed by atoms with van der Waals surface area (Å²) < 4.78 is 16.7. The Morgan fingerprint density at radius 2 is 0.727 bits per heavy atom. The molecule has 55 heavy (non-hydrogen) atoms. The van der Waals surface area contributed by atoms with Crippen LogP contribution in [0.25, 0.3) is 0 Å². The van der Waals surface area contributed by atoms with Gasteiger partial charge in [-0.15, -0.1) is 0 Å². The van der Waals surface area contributed by atoms with E-state index in [0.29, 0.717) is 19.3 Å². The van der Waals surface area contributed by atoms with Gasteiger partial charge in [0.25, 0.3) is 0 Å².